The van der Waals surface area contributed by atoms with E-state index in [0.717, 1.165) is 96.3 Å². The molecule has 3 fully saturated rings. The quantitative estimate of drug-likeness (QED) is 0.255. The Morgan fingerprint density at radius 1 is 0.940 bits per heavy atom. The van der Waals surface area contributed by atoms with Gasteiger partial charge < -0.3 is 24.8 Å². The molecule has 50 heavy (non-hydrogen) atoms. The highest BCUT2D eigenvalue weighted by Crippen LogP contribution is 2.36. The van der Waals surface area contributed by atoms with Gasteiger partial charge in [-0.3, -0.25) is 14.7 Å². The predicted octanol–water partition coefficient (Wildman–Crippen LogP) is 3.24. The van der Waals surface area contributed by atoms with Gasteiger partial charge in [0.05, 0.1) is 40.8 Å². The van der Waals surface area contributed by atoms with E-state index in [1.165, 1.54) is 0 Å². The van der Waals surface area contributed by atoms with Crippen LogP contribution in [-0.2, 0) is 9.53 Å². The van der Waals surface area contributed by atoms with Crippen LogP contribution in [0.3, 0.4) is 0 Å². The van der Waals surface area contributed by atoms with Gasteiger partial charge in [-0.05, 0) is 49.2 Å². The van der Waals surface area contributed by atoms with E-state index in [9.17, 15) is 10.1 Å². The molecule has 1 amide bonds. The standard InChI is InChI=1S/C35H38N12O2S/c36-21-25-19-27-4-5-31(47(27)39-22-25)30-20-29(40-26-6-17-49-18-7-26)28(23-38-30)34-41-42-35(50-34)46-15-13-45(14-16-46)33(48)24-43-9-11-44(12-10-43)32-3-1-2-8-37-32/h1-5,8,19-20,22-23,26H,6-7,9-18,24H2,(H,38,40). The maximum atomic E-state index is 13.2. The molecule has 3 aliphatic heterocycles. The average Bonchev–Trinajstić information content (AvgIpc) is 3.84. The molecular weight excluding hydrogens is 653 g/mol. The lowest BCUT2D eigenvalue weighted by molar-refractivity contribution is -0.132. The van der Waals surface area contributed by atoms with E-state index >= 15 is 0 Å². The second kappa shape index (κ2) is 14.4. The van der Waals surface area contributed by atoms with Crippen molar-refractivity contribution >= 4 is 39.4 Å². The van der Waals surface area contributed by atoms with Crippen LogP contribution in [0.1, 0.15) is 18.4 Å². The first-order valence-electron chi connectivity index (χ1n) is 17.1. The van der Waals surface area contributed by atoms with Crippen molar-refractivity contribution in [2.45, 2.75) is 18.9 Å². The van der Waals surface area contributed by atoms with E-state index in [2.05, 4.69) is 52.4 Å². The van der Waals surface area contributed by atoms with Gasteiger partial charge in [0.15, 0.2) is 5.01 Å². The van der Waals surface area contributed by atoms with Crippen LogP contribution in [0.2, 0.25) is 0 Å². The monoisotopic (exact) mass is 690 g/mol. The van der Waals surface area contributed by atoms with E-state index in [4.69, 9.17) is 9.72 Å². The molecule has 3 saturated heterocycles. The van der Waals surface area contributed by atoms with Crippen LogP contribution < -0.4 is 15.1 Å². The van der Waals surface area contributed by atoms with Gasteiger partial charge in [0, 0.05) is 89.7 Å². The van der Waals surface area contributed by atoms with E-state index in [1.54, 1.807) is 22.0 Å². The summed E-state index contributed by atoms with van der Waals surface area (Å²) in [7, 11) is 0. The molecule has 256 valence electrons. The molecule has 15 heteroatoms. The fourth-order valence-electron chi connectivity index (χ4n) is 6.77. The molecule has 0 saturated carbocycles. The Morgan fingerprint density at radius 3 is 2.54 bits per heavy atom. The van der Waals surface area contributed by atoms with Crippen molar-refractivity contribution in [1.82, 2.24) is 39.6 Å². The number of nitrogens with one attached hydrogen (secondary N) is 1. The average molecular weight is 691 g/mol. The Labute approximate surface area is 293 Å². The fraction of sp³-hybridized carbons (Fsp3) is 0.400. The SMILES string of the molecule is N#Cc1cnn2c(-c3cc(NC4CCOCC4)c(-c4nnc(N5CCN(C(=O)CN6CCN(c7ccccn7)CC6)CC5)s4)cn3)ccc2c1. The van der Waals surface area contributed by atoms with Crippen LogP contribution in [0.15, 0.2) is 61.1 Å². The zero-order chi connectivity index (χ0) is 33.9. The highest BCUT2D eigenvalue weighted by Gasteiger charge is 2.27. The van der Waals surface area contributed by atoms with Crippen LogP contribution >= 0.6 is 11.3 Å². The van der Waals surface area contributed by atoms with Gasteiger partial charge in [0.25, 0.3) is 0 Å². The summed E-state index contributed by atoms with van der Waals surface area (Å²) in [4.78, 5) is 31.3. The minimum atomic E-state index is 0.181. The first-order valence-corrected chi connectivity index (χ1v) is 17.9. The summed E-state index contributed by atoms with van der Waals surface area (Å²) in [5, 5.41) is 28.4. The normalized spacial score (nSPS) is 17.6. The van der Waals surface area contributed by atoms with Gasteiger partial charge in [0.1, 0.15) is 11.9 Å². The second-order valence-corrected chi connectivity index (χ2v) is 13.7. The number of fused-ring (bicyclic) bond motifs is 1. The van der Waals surface area contributed by atoms with Crippen LogP contribution in [-0.4, -0.2) is 124 Å². The van der Waals surface area contributed by atoms with Crippen LogP contribution in [0.4, 0.5) is 16.6 Å². The van der Waals surface area contributed by atoms with Gasteiger partial charge in [0.2, 0.25) is 11.0 Å². The topological polar surface area (TPSA) is 144 Å². The lowest BCUT2D eigenvalue weighted by Crippen LogP contribution is -2.54. The number of aromatic nitrogens is 6. The predicted molar refractivity (Wildman–Crippen MR) is 191 cm³/mol. The summed E-state index contributed by atoms with van der Waals surface area (Å²) in [5.41, 5.74) is 4.77. The van der Waals surface area contributed by atoms with E-state index in [0.29, 0.717) is 38.3 Å². The summed E-state index contributed by atoms with van der Waals surface area (Å²) >= 11 is 1.54. The van der Waals surface area contributed by atoms with Crippen molar-refractivity contribution in [2.75, 3.05) is 87.2 Å². The number of hydrogen-bond acceptors (Lipinski definition) is 13. The largest absolute Gasteiger partial charge is 0.381 e. The van der Waals surface area contributed by atoms with Crippen molar-refractivity contribution in [3.63, 3.8) is 0 Å². The van der Waals surface area contributed by atoms with Gasteiger partial charge in [-0.25, -0.2) is 9.50 Å². The van der Waals surface area contributed by atoms with Crippen LogP contribution in [0, 0.1) is 11.3 Å². The lowest BCUT2D eigenvalue weighted by atomic mass is 10.1. The molecule has 0 spiro atoms. The Bertz CT molecular complexity index is 1990. The number of amides is 1. The Morgan fingerprint density at radius 2 is 1.76 bits per heavy atom. The third-order valence-corrected chi connectivity index (χ3v) is 10.6. The molecule has 1 N–H and O–H groups in total. The molecule has 0 aromatic carbocycles. The van der Waals surface area contributed by atoms with Crippen molar-refractivity contribution in [1.29, 1.82) is 5.26 Å². The molecular formula is C35H38N12O2S. The molecule has 0 radical (unpaired) electrons. The van der Waals surface area contributed by atoms with Gasteiger partial charge in [-0.1, -0.05) is 17.4 Å². The van der Waals surface area contributed by atoms with Gasteiger partial charge in [-0.15, -0.1) is 10.2 Å². The Kier molecular flexibility index (Phi) is 9.21. The van der Waals surface area contributed by atoms with Crippen molar-refractivity contribution in [2.24, 2.45) is 0 Å². The first kappa shape index (κ1) is 32.1. The van der Waals surface area contributed by atoms with E-state index < -0.39 is 0 Å². The maximum absolute atomic E-state index is 13.2. The van der Waals surface area contributed by atoms with Gasteiger partial charge >= 0.3 is 0 Å². The molecule has 3 aliphatic rings. The van der Waals surface area contributed by atoms with Crippen LogP contribution in [0.25, 0.3) is 27.5 Å². The summed E-state index contributed by atoms with van der Waals surface area (Å²) in [6, 6.07) is 16.2. The van der Waals surface area contributed by atoms with E-state index in [-0.39, 0.29) is 11.9 Å². The number of piperazine rings is 2. The lowest BCUT2D eigenvalue weighted by Gasteiger charge is -2.38. The molecule has 0 bridgehead atoms. The zero-order valence-corrected chi connectivity index (χ0v) is 28.5. The van der Waals surface area contributed by atoms with Gasteiger partial charge in [-0.2, -0.15) is 10.4 Å². The van der Waals surface area contributed by atoms with E-state index in [1.807, 2.05) is 53.7 Å². The molecule has 14 nitrogen and oxygen atoms in total. The number of ether oxygens (including phenoxy) is 1. The number of nitriles is 1. The highest BCUT2D eigenvalue weighted by molar-refractivity contribution is 7.18. The molecule has 8 rings (SSSR count). The minimum Gasteiger partial charge on any atom is -0.381 e. The smallest absolute Gasteiger partial charge is 0.236 e. The number of carbonyl (C=O) groups excluding carboxylic acids is 1. The van der Waals surface area contributed by atoms with Crippen LogP contribution in [0.5, 0.6) is 0 Å². The first-order chi connectivity index (χ1) is 24.6. The Balaban J connectivity index is 0.930. The number of carbonyl (C=O) groups is 1. The molecule has 0 unspecified atom stereocenters. The third kappa shape index (κ3) is 6.82. The molecule has 8 heterocycles. The molecule has 0 atom stereocenters. The summed E-state index contributed by atoms with van der Waals surface area (Å²) in [5.74, 6) is 1.18. The summed E-state index contributed by atoms with van der Waals surface area (Å²) < 4.78 is 7.41. The number of hydrogen-bond donors (Lipinski definition) is 1. The summed E-state index contributed by atoms with van der Waals surface area (Å²) in [6.45, 7) is 8.05. The Hall–Kier alpha value is -5.17. The number of nitrogens with zero attached hydrogens (tertiary/aromatic N) is 11. The maximum Gasteiger partial charge on any atom is 0.236 e. The van der Waals surface area contributed by atoms with Crippen molar-refractivity contribution < 1.29 is 9.53 Å². The number of anilines is 3. The second-order valence-electron chi connectivity index (χ2n) is 12.8. The number of rotatable bonds is 8. The highest BCUT2D eigenvalue weighted by atomic mass is 32.1. The molecule has 0 aliphatic carbocycles. The summed E-state index contributed by atoms with van der Waals surface area (Å²) in [6.07, 6.45) is 7.07. The van der Waals surface area contributed by atoms with Crippen molar-refractivity contribution in [3.8, 4) is 28.0 Å². The van der Waals surface area contributed by atoms with Crippen molar-refractivity contribution in [3.05, 3.63) is 66.6 Å². The molecule has 5 aromatic heterocycles. The zero-order valence-electron chi connectivity index (χ0n) is 27.7. The fourth-order valence-corrected chi connectivity index (χ4v) is 7.69. The molecule has 5 aromatic rings. The minimum absolute atomic E-state index is 0.181. The number of pyridine rings is 2. The third-order valence-electron chi connectivity index (χ3n) is 9.63.